The van der Waals surface area contributed by atoms with Crippen molar-refractivity contribution in [1.82, 2.24) is 19.9 Å². The van der Waals surface area contributed by atoms with Crippen molar-refractivity contribution in [3.05, 3.63) is 78.4 Å². The topological polar surface area (TPSA) is 55.7 Å². The number of benzene rings is 3. The fourth-order valence-electron chi connectivity index (χ4n) is 4.63. The first-order chi connectivity index (χ1) is 17.3. The fraction of sp³-hybridized carbons (Fsp3) is 0.357. The molecule has 1 fully saturated rings. The van der Waals surface area contributed by atoms with Crippen molar-refractivity contribution < 1.29 is 9.47 Å². The van der Waals surface area contributed by atoms with Crippen LogP contribution in [-0.2, 0) is 6.54 Å². The third kappa shape index (κ3) is 5.74. The molecule has 0 N–H and O–H groups in total. The Bertz CT molecular complexity index is 1220. The molecule has 3 aromatic carbocycles. The predicted octanol–water partition coefficient (Wildman–Crippen LogP) is 4.47. The molecule has 4 aromatic rings. The van der Waals surface area contributed by atoms with Crippen molar-refractivity contribution in [1.29, 1.82) is 0 Å². The smallest absolute Gasteiger partial charge is 0.142 e. The van der Waals surface area contributed by atoms with Crippen LogP contribution in [0, 0.1) is 0 Å². The molecule has 0 radical (unpaired) electrons. The number of methoxy groups -OCH3 is 1. The minimum atomic E-state index is 0.700. The summed E-state index contributed by atoms with van der Waals surface area (Å²) in [6, 6.07) is 24.6. The Morgan fingerprint density at radius 3 is 2.43 bits per heavy atom. The van der Waals surface area contributed by atoms with Crippen LogP contribution in [0.4, 0.5) is 5.69 Å². The average Bonchev–Trinajstić information content (AvgIpc) is 3.32. The standard InChI is InChI=1S/C28H33N5O2/c1-34-28-11-5-4-10-27(28)32-19-17-31(18-20-32)16-6-7-21-35-24-14-12-23(13-15-24)22-33-26-9-3-2-8-25(26)29-30-33/h2-5,8-15H,6-7,16-22H2,1H3. The fourth-order valence-corrected chi connectivity index (χ4v) is 4.63. The van der Waals surface area contributed by atoms with Gasteiger partial charge in [-0.2, -0.15) is 0 Å². The minimum Gasteiger partial charge on any atom is -0.495 e. The first kappa shape index (κ1) is 23.2. The third-order valence-electron chi connectivity index (χ3n) is 6.61. The lowest BCUT2D eigenvalue weighted by atomic mass is 10.2. The maximum absolute atomic E-state index is 5.98. The summed E-state index contributed by atoms with van der Waals surface area (Å²) >= 11 is 0. The molecule has 182 valence electrons. The van der Waals surface area contributed by atoms with E-state index in [0.717, 1.165) is 74.7 Å². The van der Waals surface area contributed by atoms with Gasteiger partial charge in [0, 0.05) is 26.2 Å². The van der Waals surface area contributed by atoms with Crippen LogP contribution in [0.1, 0.15) is 18.4 Å². The molecule has 2 heterocycles. The Morgan fingerprint density at radius 2 is 1.60 bits per heavy atom. The van der Waals surface area contributed by atoms with Gasteiger partial charge in [0.1, 0.15) is 17.0 Å². The van der Waals surface area contributed by atoms with Crippen molar-refractivity contribution in [3.8, 4) is 11.5 Å². The highest BCUT2D eigenvalue weighted by atomic mass is 16.5. The molecule has 0 aliphatic carbocycles. The van der Waals surface area contributed by atoms with Crippen LogP contribution in [0.5, 0.6) is 11.5 Å². The second-order valence-electron chi connectivity index (χ2n) is 8.94. The largest absolute Gasteiger partial charge is 0.495 e. The summed E-state index contributed by atoms with van der Waals surface area (Å²) in [6.07, 6.45) is 2.20. The van der Waals surface area contributed by atoms with Gasteiger partial charge in [-0.3, -0.25) is 4.90 Å². The van der Waals surface area contributed by atoms with Gasteiger partial charge in [-0.15, -0.1) is 5.10 Å². The van der Waals surface area contributed by atoms with E-state index >= 15 is 0 Å². The van der Waals surface area contributed by atoms with E-state index in [1.165, 1.54) is 11.3 Å². The lowest BCUT2D eigenvalue weighted by Gasteiger charge is -2.36. The highest BCUT2D eigenvalue weighted by molar-refractivity contribution is 5.73. The summed E-state index contributed by atoms with van der Waals surface area (Å²) in [5, 5.41) is 8.50. The Labute approximate surface area is 206 Å². The maximum atomic E-state index is 5.98. The molecule has 35 heavy (non-hydrogen) atoms. The molecule has 0 amide bonds. The van der Waals surface area contributed by atoms with Crippen LogP contribution in [0.3, 0.4) is 0 Å². The summed E-state index contributed by atoms with van der Waals surface area (Å²) in [4.78, 5) is 4.97. The number of aromatic nitrogens is 3. The van der Waals surface area contributed by atoms with E-state index in [-0.39, 0.29) is 0 Å². The molecule has 0 atom stereocenters. The Kier molecular flexibility index (Phi) is 7.44. The van der Waals surface area contributed by atoms with E-state index in [2.05, 4.69) is 44.4 Å². The van der Waals surface area contributed by atoms with Gasteiger partial charge in [0.25, 0.3) is 0 Å². The number of hydrogen-bond donors (Lipinski definition) is 0. The number of fused-ring (bicyclic) bond motifs is 1. The Hall–Kier alpha value is -3.58. The van der Waals surface area contributed by atoms with Gasteiger partial charge in [0.15, 0.2) is 0 Å². The van der Waals surface area contributed by atoms with Gasteiger partial charge in [-0.05, 0) is 61.3 Å². The van der Waals surface area contributed by atoms with Gasteiger partial charge in [0.05, 0.1) is 31.5 Å². The van der Waals surface area contributed by atoms with Gasteiger partial charge in [-0.1, -0.05) is 41.6 Å². The van der Waals surface area contributed by atoms with E-state index < -0.39 is 0 Å². The Balaban J connectivity index is 1.00. The third-order valence-corrected chi connectivity index (χ3v) is 6.61. The summed E-state index contributed by atoms with van der Waals surface area (Å²) in [5.74, 6) is 1.88. The molecule has 0 spiro atoms. The monoisotopic (exact) mass is 471 g/mol. The minimum absolute atomic E-state index is 0.700. The van der Waals surface area contributed by atoms with Crippen LogP contribution in [0.2, 0.25) is 0 Å². The molecular weight excluding hydrogens is 438 g/mol. The van der Waals surface area contributed by atoms with Crippen LogP contribution in [0.25, 0.3) is 11.0 Å². The summed E-state index contributed by atoms with van der Waals surface area (Å²) in [5.41, 5.74) is 4.35. The molecule has 0 unspecified atom stereocenters. The van der Waals surface area contributed by atoms with Crippen molar-refractivity contribution in [3.63, 3.8) is 0 Å². The first-order valence-corrected chi connectivity index (χ1v) is 12.4. The maximum Gasteiger partial charge on any atom is 0.142 e. The zero-order valence-corrected chi connectivity index (χ0v) is 20.3. The number of unbranched alkanes of at least 4 members (excludes halogenated alkanes) is 1. The van der Waals surface area contributed by atoms with Gasteiger partial charge < -0.3 is 14.4 Å². The molecule has 7 nitrogen and oxygen atoms in total. The molecule has 7 heteroatoms. The van der Waals surface area contributed by atoms with Gasteiger partial charge >= 0.3 is 0 Å². The average molecular weight is 472 g/mol. The highest BCUT2D eigenvalue weighted by Crippen LogP contribution is 2.28. The van der Waals surface area contributed by atoms with Crippen LogP contribution in [-0.4, -0.2) is 66.3 Å². The number of para-hydroxylation sites is 3. The first-order valence-electron chi connectivity index (χ1n) is 12.4. The second kappa shape index (κ2) is 11.2. The van der Waals surface area contributed by atoms with E-state index in [1.807, 2.05) is 53.2 Å². The lowest BCUT2D eigenvalue weighted by Crippen LogP contribution is -2.46. The highest BCUT2D eigenvalue weighted by Gasteiger charge is 2.19. The number of nitrogens with zero attached hydrogens (tertiary/aromatic N) is 5. The van der Waals surface area contributed by atoms with Gasteiger partial charge in [-0.25, -0.2) is 4.68 Å². The van der Waals surface area contributed by atoms with Crippen LogP contribution >= 0.6 is 0 Å². The number of ether oxygens (including phenoxy) is 2. The van der Waals surface area contributed by atoms with Crippen molar-refractivity contribution >= 4 is 16.7 Å². The molecule has 0 bridgehead atoms. The zero-order valence-electron chi connectivity index (χ0n) is 20.3. The number of hydrogen-bond acceptors (Lipinski definition) is 6. The predicted molar refractivity (Wildman–Crippen MR) is 139 cm³/mol. The molecule has 1 aliphatic heterocycles. The molecule has 1 aromatic heterocycles. The normalized spacial score (nSPS) is 14.4. The van der Waals surface area contributed by atoms with E-state index in [1.54, 1.807) is 7.11 Å². The molecule has 1 saturated heterocycles. The summed E-state index contributed by atoms with van der Waals surface area (Å²) in [7, 11) is 1.74. The lowest BCUT2D eigenvalue weighted by molar-refractivity contribution is 0.238. The summed E-state index contributed by atoms with van der Waals surface area (Å²) < 4.78 is 13.4. The number of rotatable bonds is 10. The second-order valence-corrected chi connectivity index (χ2v) is 8.94. The van der Waals surface area contributed by atoms with E-state index in [9.17, 15) is 0 Å². The number of anilines is 1. The molecular formula is C28H33N5O2. The SMILES string of the molecule is COc1ccccc1N1CCN(CCCCOc2ccc(Cn3nnc4ccccc43)cc2)CC1. The molecule has 5 rings (SSSR count). The quantitative estimate of drug-likeness (QED) is 0.318. The van der Waals surface area contributed by atoms with Crippen LogP contribution in [0.15, 0.2) is 72.8 Å². The zero-order chi connectivity index (χ0) is 23.9. The van der Waals surface area contributed by atoms with E-state index in [0.29, 0.717) is 6.54 Å². The van der Waals surface area contributed by atoms with Crippen LogP contribution < -0.4 is 14.4 Å². The van der Waals surface area contributed by atoms with E-state index in [4.69, 9.17) is 9.47 Å². The van der Waals surface area contributed by atoms with Gasteiger partial charge in [0.2, 0.25) is 0 Å². The van der Waals surface area contributed by atoms with Crippen molar-refractivity contribution in [2.75, 3.05) is 51.3 Å². The van der Waals surface area contributed by atoms with Crippen molar-refractivity contribution in [2.24, 2.45) is 0 Å². The molecule has 0 saturated carbocycles. The number of piperazine rings is 1. The van der Waals surface area contributed by atoms with Crippen molar-refractivity contribution in [2.45, 2.75) is 19.4 Å². The summed E-state index contributed by atoms with van der Waals surface area (Å²) in [6.45, 7) is 6.80. The Morgan fingerprint density at radius 1 is 0.829 bits per heavy atom. The molecule has 1 aliphatic rings.